The van der Waals surface area contributed by atoms with Gasteiger partial charge in [0, 0.05) is 5.69 Å². The molecule has 3 heteroatoms. The van der Waals surface area contributed by atoms with Gasteiger partial charge in [0.2, 0.25) is 5.91 Å². The van der Waals surface area contributed by atoms with E-state index in [0.29, 0.717) is 11.3 Å². The number of anilines is 1. The molecule has 20 heavy (non-hydrogen) atoms. The quantitative estimate of drug-likeness (QED) is 0.921. The summed E-state index contributed by atoms with van der Waals surface area (Å²) < 4.78 is 0. The van der Waals surface area contributed by atoms with E-state index in [1.807, 2.05) is 50.2 Å². The number of nitrogens with zero attached hydrogens (tertiary/aromatic N) is 1. The molecule has 0 heterocycles. The predicted molar refractivity (Wildman–Crippen MR) is 79.3 cm³/mol. The van der Waals surface area contributed by atoms with Crippen LogP contribution in [0.25, 0.3) is 0 Å². The van der Waals surface area contributed by atoms with Gasteiger partial charge in [-0.05, 0) is 42.7 Å². The Bertz CT molecular complexity index is 656. The molecule has 0 aromatic heterocycles. The summed E-state index contributed by atoms with van der Waals surface area (Å²) in [6.07, 6.45) is 0. The Kier molecular flexibility index (Phi) is 4.17. The highest BCUT2D eigenvalue weighted by Gasteiger charge is 2.19. The Morgan fingerprint density at radius 2 is 1.80 bits per heavy atom. The second-order valence-corrected chi connectivity index (χ2v) is 4.76. The third kappa shape index (κ3) is 3.04. The van der Waals surface area contributed by atoms with Crippen molar-refractivity contribution in [1.29, 1.82) is 5.26 Å². The van der Waals surface area contributed by atoms with Crippen molar-refractivity contribution < 1.29 is 4.79 Å². The molecule has 1 unspecified atom stereocenters. The summed E-state index contributed by atoms with van der Waals surface area (Å²) in [7, 11) is 0. The van der Waals surface area contributed by atoms with Gasteiger partial charge >= 0.3 is 0 Å². The topological polar surface area (TPSA) is 52.9 Å². The number of hydrogen-bond acceptors (Lipinski definition) is 2. The van der Waals surface area contributed by atoms with Crippen molar-refractivity contribution in [3.63, 3.8) is 0 Å². The van der Waals surface area contributed by atoms with Gasteiger partial charge in [-0.25, -0.2) is 0 Å². The minimum Gasteiger partial charge on any atom is -0.325 e. The largest absolute Gasteiger partial charge is 0.325 e. The maximum absolute atomic E-state index is 12.2. The number of nitrogens with one attached hydrogen (secondary N) is 1. The van der Waals surface area contributed by atoms with Gasteiger partial charge in [0.15, 0.2) is 5.92 Å². The number of carbonyl (C=O) groups excluding carboxylic acids is 1. The first-order chi connectivity index (χ1) is 9.61. The van der Waals surface area contributed by atoms with Crippen molar-refractivity contribution in [3.05, 3.63) is 65.2 Å². The minimum atomic E-state index is -0.794. The Labute approximate surface area is 118 Å². The summed E-state index contributed by atoms with van der Waals surface area (Å²) in [6.45, 7) is 4.01. The highest BCUT2D eigenvalue weighted by Crippen LogP contribution is 2.19. The molecule has 2 aromatic carbocycles. The van der Waals surface area contributed by atoms with Gasteiger partial charge in [0.1, 0.15) is 0 Å². The van der Waals surface area contributed by atoms with Crippen LogP contribution in [0.5, 0.6) is 0 Å². The van der Waals surface area contributed by atoms with E-state index < -0.39 is 5.92 Å². The fraction of sp³-hybridized carbons (Fsp3) is 0.176. The Balaban J connectivity index is 2.18. The summed E-state index contributed by atoms with van der Waals surface area (Å²) in [5.41, 5.74) is 3.70. The first kappa shape index (κ1) is 13.8. The van der Waals surface area contributed by atoms with E-state index in [2.05, 4.69) is 11.4 Å². The molecule has 1 atom stereocenters. The maximum Gasteiger partial charge on any atom is 0.246 e. The molecule has 0 aliphatic rings. The van der Waals surface area contributed by atoms with Gasteiger partial charge in [-0.15, -0.1) is 0 Å². The molecule has 3 nitrogen and oxygen atoms in total. The normalized spacial score (nSPS) is 11.4. The Morgan fingerprint density at radius 1 is 1.10 bits per heavy atom. The fourth-order valence-electron chi connectivity index (χ4n) is 1.96. The van der Waals surface area contributed by atoms with E-state index in [1.165, 1.54) is 5.56 Å². The minimum absolute atomic E-state index is 0.304. The van der Waals surface area contributed by atoms with E-state index in [-0.39, 0.29) is 5.91 Å². The molecular formula is C17H16N2O. The second-order valence-electron chi connectivity index (χ2n) is 4.76. The van der Waals surface area contributed by atoms with Gasteiger partial charge in [-0.3, -0.25) is 4.79 Å². The number of carbonyl (C=O) groups is 1. The molecule has 0 aliphatic heterocycles. The third-order valence-corrected chi connectivity index (χ3v) is 3.30. The van der Waals surface area contributed by atoms with Gasteiger partial charge in [0.05, 0.1) is 6.07 Å². The lowest BCUT2D eigenvalue weighted by Crippen LogP contribution is -2.20. The van der Waals surface area contributed by atoms with Crippen molar-refractivity contribution in [3.8, 4) is 6.07 Å². The fourth-order valence-corrected chi connectivity index (χ4v) is 1.96. The summed E-state index contributed by atoms with van der Waals surface area (Å²) in [4.78, 5) is 12.2. The smallest absolute Gasteiger partial charge is 0.246 e. The van der Waals surface area contributed by atoms with E-state index >= 15 is 0 Å². The van der Waals surface area contributed by atoms with Gasteiger partial charge in [-0.1, -0.05) is 36.4 Å². The van der Waals surface area contributed by atoms with Gasteiger partial charge in [0.25, 0.3) is 0 Å². The van der Waals surface area contributed by atoms with Crippen LogP contribution in [-0.4, -0.2) is 5.91 Å². The average molecular weight is 264 g/mol. The summed E-state index contributed by atoms with van der Waals surface area (Å²) in [6, 6.07) is 16.8. The number of benzene rings is 2. The number of hydrogen-bond donors (Lipinski definition) is 1. The van der Waals surface area contributed by atoms with Crippen LogP contribution in [0.15, 0.2) is 48.5 Å². The van der Waals surface area contributed by atoms with Crippen LogP contribution in [0.4, 0.5) is 5.69 Å². The van der Waals surface area contributed by atoms with Gasteiger partial charge in [-0.2, -0.15) is 5.26 Å². The summed E-state index contributed by atoms with van der Waals surface area (Å²) in [5.74, 6) is -1.10. The third-order valence-electron chi connectivity index (χ3n) is 3.30. The van der Waals surface area contributed by atoms with Crippen LogP contribution in [-0.2, 0) is 4.79 Å². The molecular weight excluding hydrogens is 248 g/mol. The van der Waals surface area contributed by atoms with E-state index in [1.54, 1.807) is 12.1 Å². The van der Waals surface area contributed by atoms with Crippen LogP contribution in [0.2, 0.25) is 0 Å². The number of rotatable bonds is 3. The predicted octanol–water partition coefficient (Wildman–Crippen LogP) is 3.55. The number of nitriles is 1. The van der Waals surface area contributed by atoms with Crippen molar-refractivity contribution in [2.75, 3.05) is 5.32 Å². The van der Waals surface area contributed by atoms with E-state index in [4.69, 9.17) is 0 Å². The molecule has 1 amide bonds. The zero-order valence-electron chi connectivity index (χ0n) is 11.6. The van der Waals surface area contributed by atoms with Crippen LogP contribution in [0, 0.1) is 25.2 Å². The lowest BCUT2D eigenvalue weighted by Gasteiger charge is -2.11. The lowest BCUT2D eigenvalue weighted by atomic mass is 9.99. The molecule has 0 aliphatic carbocycles. The van der Waals surface area contributed by atoms with E-state index in [0.717, 1.165) is 5.56 Å². The molecule has 0 saturated heterocycles. The zero-order valence-corrected chi connectivity index (χ0v) is 11.6. The summed E-state index contributed by atoms with van der Waals surface area (Å²) in [5, 5.41) is 12.0. The SMILES string of the molecule is Cc1ccc(NC(=O)C(C#N)c2ccccc2)cc1C. The van der Waals surface area contributed by atoms with Crippen LogP contribution in [0.3, 0.4) is 0 Å². The molecule has 2 rings (SSSR count). The molecule has 0 saturated carbocycles. The summed E-state index contributed by atoms with van der Waals surface area (Å²) >= 11 is 0. The van der Waals surface area contributed by atoms with Crippen LogP contribution >= 0.6 is 0 Å². The van der Waals surface area contributed by atoms with Crippen molar-refractivity contribution in [2.24, 2.45) is 0 Å². The lowest BCUT2D eigenvalue weighted by molar-refractivity contribution is -0.116. The maximum atomic E-state index is 12.2. The molecule has 100 valence electrons. The van der Waals surface area contributed by atoms with Crippen molar-refractivity contribution in [1.82, 2.24) is 0 Å². The average Bonchev–Trinajstić information content (AvgIpc) is 2.45. The van der Waals surface area contributed by atoms with E-state index in [9.17, 15) is 10.1 Å². The Hall–Kier alpha value is -2.60. The van der Waals surface area contributed by atoms with Gasteiger partial charge < -0.3 is 5.32 Å². The molecule has 2 aromatic rings. The first-order valence-corrected chi connectivity index (χ1v) is 6.44. The second kappa shape index (κ2) is 6.03. The molecule has 0 spiro atoms. The van der Waals surface area contributed by atoms with Crippen LogP contribution < -0.4 is 5.32 Å². The first-order valence-electron chi connectivity index (χ1n) is 6.44. The molecule has 0 bridgehead atoms. The highest BCUT2D eigenvalue weighted by molar-refractivity contribution is 5.97. The Morgan fingerprint density at radius 3 is 2.40 bits per heavy atom. The van der Waals surface area contributed by atoms with Crippen molar-refractivity contribution >= 4 is 11.6 Å². The number of aryl methyl sites for hydroxylation is 2. The van der Waals surface area contributed by atoms with Crippen molar-refractivity contribution in [2.45, 2.75) is 19.8 Å². The number of amides is 1. The standard InChI is InChI=1S/C17H16N2O/c1-12-8-9-15(10-13(12)2)19-17(20)16(11-18)14-6-4-3-5-7-14/h3-10,16H,1-2H3,(H,19,20). The van der Waals surface area contributed by atoms with Crippen LogP contribution in [0.1, 0.15) is 22.6 Å². The zero-order chi connectivity index (χ0) is 14.5. The molecule has 0 fully saturated rings. The highest BCUT2D eigenvalue weighted by atomic mass is 16.1. The monoisotopic (exact) mass is 264 g/mol. The molecule has 0 radical (unpaired) electrons. The molecule has 1 N–H and O–H groups in total.